The van der Waals surface area contributed by atoms with Gasteiger partial charge >= 0.3 is 12.4 Å². The van der Waals surface area contributed by atoms with Gasteiger partial charge in [-0.2, -0.15) is 26.3 Å². The van der Waals surface area contributed by atoms with E-state index in [1.165, 1.54) is 0 Å². The highest BCUT2D eigenvalue weighted by Gasteiger charge is 2.76. The van der Waals surface area contributed by atoms with Crippen molar-refractivity contribution in [2.75, 3.05) is 19.7 Å². The van der Waals surface area contributed by atoms with Crippen LogP contribution in [0.5, 0.6) is 0 Å². The first-order valence-corrected chi connectivity index (χ1v) is 12.9. The number of nitrogens with zero attached hydrogens (tertiary/aromatic N) is 1. The van der Waals surface area contributed by atoms with Gasteiger partial charge in [0.1, 0.15) is 24.2 Å². The third-order valence-electron chi connectivity index (χ3n) is 9.49. The van der Waals surface area contributed by atoms with Gasteiger partial charge in [-0.3, -0.25) is 0 Å². The molecular weight excluding hydrogens is 548 g/mol. The minimum atomic E-state index is -4.84. The van der Waals surface area contributed by atoms with Crippen LogP contribution in [-0.4, -0.2) is 35.3 Å². The molecule has 2 nitrogen and oxygen atoms in total. The lowest BCUT2D eigenvalue weighted by molar-refractivity contribution is -0.967. The normalized spacial score (nSPS) is 35.7. The minimum Gasteiger partial charge on any atom is -1.00 e. The van der Waals surface area contributed by atoms with Crippen molar-refractivity contribution in [2.45, 2.75) is 96.3 Å². The van der Waals surface area contributed by atoms with Crippen LogP contribution >= 0.6 is 0 Å². The molecule has 0 unspecified atom stereocenters. The van der Waals surface area contributed by atoms with Crippen LogP contribution in [0.2, 0.25) is 0 Å². The van der Waals surface area contributed by atoms with E-state index in [9.17, 15) is 26.3 Å². The molecule has 3 aliphatic rings. The van der Waals surface area contributed by atoms with Crippen LogP contribution in [-0.2, 0) is 23.6 Å². The Balaban J connectivity index is 0.00000361. The molecule has 1 aromatic rings. The summed E-state index contributed by atoms with van der Waals surface area (Å²) in [5.41, 5.74) is -2.99. The van der Waals surface area contributed by atoms with Gasteiger partial charge in [-0.05, 0) is 51.3 Å². The topological polar surface area (TPSA) is 9.23 Å². The van der Waals surface area contributed by atoms with Crippen LogP contribution in [0.4, 0.5) is 26.3 Å². The molecule has 2 heterocycles. The number of hydrogen-bond donors (Lipinski definition) is 0. The van der Waals surface area contributed by atoms with E-state index in [-0.39, 0.29) is 46.6 Å². The van der Waals surface area contributed by atoms with Gasteiger partial charge in [0.05, 0.1) is 17.7 Å². The van der Waals surface area contributed by atoms with Crippen molar-refractivity contribution in [2.24, 2.45) is 17.8 Å². The van der Waals surface area contributed by atoms with Crippen molar-refractivity contribution in [3.05, 3.63) is 34.9 Å². The van der Waals surface area contributed by atoms with Crippen molar-refractivity contribution < 1.29 is 52.5 Å². The third-order valence-corrected chi connectivity index (χ3v) is 9.49. The SMILES string of the molecule is CCCCCCO[C@]1(C)C[N@+]2(Cc3cc(C(F)(F)F)cc(C(F)(F)F)c3)C[C@@H](C)[C@@H]3CC[C@H]1[C@@]32C.[Br-]. The van der Waals surface area contributed by atoms with Gasteiger partial charge in [-0.25, -0.2) is 0 Å². The maximum Gasteiger partial charge on any atom is 0.416 e. The molecule has 4 rings (SSSR count). The number of hydrogen-bond acceptors (Lipinski definition) is 1. The molecule has 3 fully saturated rings. The van der Waals surface area contributed by atoms with E-state index in [0.717, 1.165) is 57.2 Å². The molecule has 2 saturated heterocycles. The summed E-state index contributed by atoms with van der Waals surface area (Å²) < 4.78 is 88.3. The Kier molecular flexibility index (Phi) is 8.32. The van der Waals surface area contributed by atoms with Crippen LogP contribution in [0.25, 0.3) is 0 Å². The first-order valence-electron chi connectivity index (χ1n) is 12.9. The second-order valence-corrected chi connectivity index (χ2v) is 11.7. The highest BCUT2D eigenvalue weighted by atomic mass is 79.9. The van der Waals surface area contributed by atoms with Crippen molar-refractivity contribution >= 4 is 0 Å². The molecular formula is C27H38BrF6NO. The van der Waals surface area contributed by atoms with Gasteiger partial charge in [0.25, 0.3) is 0 Å². The van der Waals surface area contributed by atoms with E-state index in [2.05, 4.69) is 27.7 Å². The number of quaternary nitrogens is 1. The molecule has 0 radical (unpaired) electrons. The Hall–Kier alpha value is -0.800. The molecule has 2 aliphatic heterocycles. The Labute approximate surface area is 221 Å². The summed E-state index contributed by atoms with van der Waals surface area (Å²) >= 11 is 0. The highest BCUT2D eigenvalue weighted by molar-refractivity contribution is 5.33. The van der Waals surface area contributed by atoms with Crippen LogP contribution in [0.3, 0.4) is 0 Å². The summed E-state index contributed by atoms with van der Waals surface area (Å²) in [6.07, 6.45) is -3.30. The predicted molar refractivity (Wildman–Crippen MR) is 122 cm³/mol. The average molecular weight is 586 g/mol. The van der Waals surface area contributed by atoms with Crippen molar-refractivity contribution in [1.29, 1.82) is 0 Å². The second-order valence-electron chi connectivity index (χ2n) is 11.7. The molecule has 1 aliphatic carbocycles. The van der Waals surface area contributed by atoms with Gasteiger partial charge in [0.2, 0.25) is 0 Å². The number of ether oxygens (including phenoxy) is 1. The maximum atomic E-state index is 13.5. The fourth-order valence-electron chi connectivity index (χ4n) is 8.21. The van der Waals surface area contributed by atoms with E-state index < -0.39 is 29.1 Å². The van der Waals surface area contributed by atoms with E-state index in [1.54, 1.807) is 0 Å². The summed E-state index contributed by atoms with van der Waals surface area (Å²) in [4.78, 5) is 0. The lowest BCUT2D eigenvalue weighted by Gasteiger charge is -2.44. The smallest absolute Gasteiger partial charge is 0.416 e. The van der Waals surface area contributed by atoms with Crippen LogP contribution in [0, 0.1) is 17.8 Å². The summed E-state index contributed by atoms with van der Waals surface area (Å²) in [5, 5.41) is 0. The molecule has 0 aromatic heterocycles. The molecule has 6 atom stereocenters. The third kappa shape index (κ3) is 4.97. The maximum absolute atomic E-state index is 13.5. The zero-order valence-corrected chi connectivity index (χ0v) is 23.1. The Bertz CT molecular complexity index is 904. The summed E-state index contributed by atoms with van der Waals surface area (Å²) in [5.74, 6) is 1.00. The molecule has 0 N–H and O–H groups in total. The molecule has 0 amide bonds. The Morgan fingerprint density at radius 1 is 0.944 bits per heavy atom. The lowest BCUT2D eigenvalue weighted by atomic mass is 9.76. The van der Waals surface area contributed by atoms with E-state index >= 15 is 0 Å². The van der Waals surface area contributed by atoms with E-state index in [0.29, 0.717) is 29.5 Å². The van der Waals surface area contributed by atoms with Crippen LogP contribution in [0.15, 0.2) is 18.2 Å². The molecule has 206 valence electrons. The Morgan fingerprint density at radius 2 is 1.56 bits per heavy atom. The van der Waals surface area contributed by atoms with Gasteiger partial charge in [-0.1, -0.05) is 33.1 Å². The van der Waals surface area contributed by atoms with E-state index in [1.807, 2.05) is 0 Å². The fraction of sp³-hybridized carbons (Fsp3) is 0.778. The summed E-state index contributed by atoms with van der Waals surface area (Å²) in [6, 6.07) is 2.08. The van der Waals surface area contributed by atoms with Gasteiger partial charge < -0.3 is 26.2 Å². The number of alkyl halides is 6. The second kappa shape index (κ2) is 10.1. The molecule has 36 heavy (non-hydrogen) atoms. The minimum absolute atomic E-state index is 0. The Morgan fingerprint density at radius 3 is 2.11 bits per heavy atom. The molecule has 9 heteroatoms. The molecule has 0 bridgehead atoms. The number of unbranched alkanes of at least 4 members (excludes halogenated alkanes) is 3. The summed E-state index contributed by atoms with van der Waals surface area (Å²) in [7, 11) is 0. The molecule has 0 spiro atoms. The van der Waals surface area contributed by atoms with Gasteiger partial charge in [0.15, 0.2) is 0 Å². The largest absolute Gasteiger partial charge is 1.00 e. The predicted octanol–water partition coefficient (Wildman–Crippen LogP) is 4.85. The molecule has 1 aromatic carbocycles. The monoisotopic (exact) mass is 585 g/mol. The van der Waals surface area contributed by atoms with Crippen molar-refractivity contribution in [1.82, 2.24) is 0 Å². The fourth-order valence-corrected chi connectivity index (χ4v) is 8.21. The quantitative estimate of drug-likeness (QED) is 0.241. The van der Waals surface area contributed by atoms with Gasteiger partial charge in [0, 0.05) is 29.9 Å². The van der Waals surface area contributed by atoms with E-state index in [4.69, 9.17) is 4.74 Å². The standard InChI is InChI=1S/C27H38F6NO.BrH/c1-5-6-7-8-11-35-24(3)17-34(15-18(2)22-9-10-23(24)25(22,34)4)16-19-12-20(26(28,29)30)14-21(13-19)27(31,32)33;/h12-14,18,22-23H,5-11,15-17H2,1-4H3;1H/q+1;/p-1/t18-,22+,23-,24-,25-,34-;/m1./s1. The average Bonchev–Trinajstić information content (AvgIpc) is 3.26. The first kappa shape index (κ1) is 29.8. The molecule has 1 saturated carbocycles. The van der Waals surface area contributed by atoms with Crippen molar-refractivity contribution in [3.8, 4) is 0 Å². The van der Waals surface area contributed by atoms with Crippen LogP contribution < -0.4 is 17.0 Å². The van der Waals surface area contributed by atoms with Crippen molar-refractivity contribution in [3.63, 3.8) is 0 Å². The lowest BCUT2D eigenvalue weighted by Crippen LogP contribution is -3.00. The van der Waals surface area contributed by atoms with Gasteiger partial charge in [-0.15, -0.1) is 0 Å². The summed E-state index contributed by atoms with van der Waals surface area (Å²) in [6.45, 7) is 10.9. The zero-order valence-electron chi connectivity index (χ0n) is 21.5. The first-order chi connectivity index (χ1) is 16.2. The number of halogens is 7. The highest BCUT2D eigenvalue weighted by Crippen LogP contribution is 2.65. The zero-order chi connectivity index (χ0) is 25.9. The number of benzene rings is 1. The number of rotatable bonds is 8. The van der Waals surface area contributed by atoms with Crippen LogP contribution in [0.1, 0.15) is 82.9 Å².